The van der Waals surface area contributed by atoms with E-state index in [0.717, 1.165) is 10.2 Å². The van der Waals surface area contributed by atoms with Gasteiger partial charge in [0.2, 0.25) is 0 Å². The summed E-state index contributed by atoms with van der Waals surface area (Å²) < 4.78 is 6.38. The predicted molar refractivity (Wildman–Crippen MR) is 90.2 cm³/mol. The minimum atomic E-state index is -0.310. The molecule has 0 atom stereocenters. The number of nitrogens with one attached hydrogen (secondary N) is 1. The van der Waals surface area contributed by atoms with Crippen molar-refractivity contribution in [3.05, 3.63) is 52.5 Å². The highest BCUT2D eigenvalue weighted by molar-refractivity contribution is 7.22. The number of rotatable bonds is 4. The fourth-order valence-corrected chi connectivity index (χ4v) is 3.03. The average molecular weight is 353 g/mol. The minimum Gasteiger partial charge on any atom is -0.482 e. The third-order valence-electron chi connectivity index (χ3n) is 2.79. The number of anilines is 1. The zero-order chi connectivity index (χ0) is 15.5. The van der Waals surface area contributed by atoms with Gasteiger partial charge in [-0.15, -0.1) is 0 Å². The summed E-state index contributed by atoms with van der Waals surface area (Å²) in [5.41, 5.74) is 0.849. The lowest BCUT2D eigenvalue weighted by Gasteiger charge is -2.07. The number of fused-ring (bicyclic) bond motifs is 1. The van der Waals surface area contributed by atoms with Crippen LogP contribution in [0.5, 0.6) is 5.75 Å². The van der Waals surface area contributed by atoms with Crippen LogP contribution in [0.3, 0.4) is 0 Å². The van der Waals surface area contributed by atoms with Crippen molar-refractivity contribution in [2.75, 3.05) is 11.9 Å². The summed E-state index contributed by atoms with van der Waals surface area (Å²) in [4.78, 5) is 16.2. The Balaban J connectivity index is 1.63. The Bertz CT molecular complexity index is 802. The van der Waals surface area contributed by atoms with Crippen molar-refractivity contribution in [3.63, 3.8) is 0 Å². The molecule has 0 aliphatic carbocycles. The number of nitrogens with zero attached hydrogens (tertiary/aromatic N) is 1. The fourth-order valence-electron chi connectivity index (χ4n) is 1.81. The summed E-state index contributed by atoms with van der Waals surface area (Å²) >= 11 is 13.2. The summed E-state index contributed by atoms with van der Waals surface area (Å²) in [5, 5.41) is 4.13. The van der Waals surface area contributed by atoms with E-state index in [1.807, 2.05) is 24.3 Å². The van der Waals surface area contributed by atoms with Gasteiger partial charge in [-0.3, -0.25) is 10.1 Å². The first kappa shape index (κ1) is 15.1. The average Bonchev–Trinajstić information content (AvgIpc) is 2.90. The van der Waals surface area contributed by atoms with Crippen LogP contribution in [0.1, 0.15) is 0 Å². The molecular weight excluding hydrogens is 343 g/mol. The number of aromatic nitrogens is 1. The molecule has 4 nitrogen and oxygen atoms in total. The normalized spacial score (nSPS) is 10.6. The van der Waals surface area contributed by atoms with E-state index >= 15 is 0 Å². The number of thiazole rings is 1. The molecule has 0 aliphatic rings. The van der Waals surface area contributed by atoms with Gasteiger partial charge in [0.1, 0.15) is 5.75 Å². The Hall–Kier alpha value is -1.82. The summed E-state index contributed by atoms with van der Waals surface area (Å²) in [6, 6.07) is 12.5. The summed E-state index contributed by atoms with van der Waals surface area (Å²) in [5.74, 6) is 0.0590. The topological polar surface area (TPSA) is 51.2 Å². The molecular formula is C15H10Cl2N2O2S. The number of ether oxygens (including phenoxy) is 1. The van der Waals surface area contributed by atoms with E-state index < -0.39 is 0 Å². The van der Waals surface area contributed by atoms with E-state index in [1.54, 1.807) is 18.2 Å². The Morgan fingerprint density at radius 3 is 2.86 bits per heavy atom. The van der Waals surface area contributed by atoms with Crippen LogP contribution in [0.2, 0.25) is 10.0 Å². The van der Waals surface area contributed by atoms with Crippen LogP contribution < -0.4 is 10.1 Å². The molecule has 0 spiro atoms. The Labute approximate surface area is 140 Å². The second kappa shape index (κ2) is 6.52. The van der Waals surface area contributed by atoms with Crippen LogP contribution in [0, 0.1) is 0 Å². The lowest BCUT2D eigenvalue weighted by molar-refractivity contribution is -0.118. The maximum atomic E-state index is 11.9. The van der Waals surface area contributed by atoms with Gasteiger partial charge in [0.05, 0.1) is 15.2 Å². The lowest BCUT2D eigenvalue weighted by atomic mass is 10.3. The molecule has 0 fully saturated rings. The van der Waals surface area contributed by atoms with Crippen molar-refractivity contribution in [2.24, 2.45) is 0 Å². The van der Waals surface area contributed by atoms with Gasteiger partial charge in [0, 0.05) is 11.1 Å². The molecule has 0 saturated carbocycles. The molecule has 1 aromatic heterocycles. The number of hydrogen-bond donors (Lipinski definition) is 1. The van der Waals surface area contributed by atoms with Gasteiger partial charge in [0.15, 0.2) is 11.7 Å². The molecule has 112 valence electrons. The van der Waals surface area contributed by atoms with Crippen molar-refractivity contribution in [2.45, 2.75) is 0 Å². The van der Waals surface area contributed by atoms with Crippen molar-refractivity contribution in [3.8, 4) is 5.75 Å². The highest BCUT2D eigenvalue weighted by Gasteiger charge is 2.10. The number of halogens is 2. The van der Waals surface area contributed by atoms with Crippen molar-refractivity contribution < 1.29 is 9.53 Å². The number of para-hydroxylation sites is 1. The zero-order valence-electron chi connectivity index (χ0n) is 11.2. The molecule has 1 amide bonds. The molecule has 1 heterocycles. The Morgan fingerprint density at radius 2 is 2.05 bits per heavy atom. The van der Waals surface area contributed by atoms with Crippen LogP contribution in [-0.4, -0.2) is 17.5 Å². The molecule has 3 aromatic rings. The predicted octanol–water partition coefficient (Wildman–Crippen LogP) is 4.62. The first-order valence-electron chi connectivity index (χ1n) is 6.35. The quantitative estimate of drug-likeness (QED) is 0.745. The van der Waals surface area contributed by atoms with E-state index in [0.29, 0.717) is 20.9 Å². The molecule has 0 unspecified atom stereocenters. The van der Waals surface area contributed by atoms with Crippen LogP contribution in [-0.2, 0) is 4.79 Å². The van der Waals surface area contributed by atoms with Gasteiger partial charge in [-0.1, -0.05) is 46.7 Å². The fraction of sp³-hybridized carbons (Fsp3) is 0.0667. The monoisotopic (exact) mass is 352 g/mol. The van der Waals surface area contributed by atoms with E-state index in [9.17, 15) is 4.79 Å². The first-order chi connectivity index (χ1) is 10.6. The summed E-state index contributed by atoms with van der Waals surface area (Å²) in [6.07, 6.45) is 0. The molecule has 0 radical (unpaired) electrons. The molecule has 3 rings (SSSR count). The Kier molecular flexibility index (Phi) is 4.47. The van der Waals surface area contributed by atoms with E-state index in [4.69, 9.17) is 27.9 Å². The van der Waals surface area contributed by atoms with Gasteiger partial charge >= 0.3 is 0 Å². The maximum Gasteiger partial charge on any atom is 0.264 e. The molecule has 1 N–H and O–H groups in total. The van der Waals surface area contributed by atoms with Crippen molar-refractivity contribution in [1.82, 2.24) is 4.98 Å². The van der Waals surface area contributed by atoms with E-state index in [2.05, 4.69) is 10.3 Å². The molecule has 2 aromatic carbocycles. The van der Waals surface area contributed by atoms with Crippen molar-refractivity contribution >= 4 is 55.8 Å². The second-order valence-corrected chi connectivity index (χ2v) is 6.27. The molecule has 22 heavy (non-hydrogen) atoms. The Morgan fingerprint density at radius 1 is 1.23 bits per heavy atom. The second-order valence-electron chi connectivity index (χ2n) is 4.40. The standard InChI is InChI=1S/C15H10Cl2N2O2S/c16-9-5-6-10(17)12(7-9)21-8-14(20)19-15-18-11-3-1-2-4-13(11)22-15/h1-7H,8H2,(H,18,19,20). The number of amides is 1. The highest BCUT2D eigenvalue weighted by Crippen LogP contribution is 2.28. The van der Waals surface area contributed by atoms with Gasteiger partial charge < -0.3 is 4.74 Å². The van der Waals surface area contributed by atoms with Gasteiger partial charge in [-0.25, -0.2) is 4.98 Å². The smallest absolute Gasteiger partial charge is 0.264 e. The first-order valence-corrected chi connectivity index (χ1v) is 7.92. The van der Waals surface area contributed by atoms with Gasteiger partial charge in [-0.2, -0.15) is 0 Å². The number of carbonyl (C=O) groups excluding carboxylic acids is 1. The SMILES string of the molecule is O=C(COc1cc(Cl)ccc1Cl)Nc1nc2ccccc2s1. The molecule has 0 aliphatic heterocycles. The largest absolute Gasteiger partial charge is 0.482 e. The third kappa shape index (κ3) is 3.50. The molecule has 0 bridgehead atoms. The van der Waals surface area contributed by atoms with Crippen LogP contribution in [0.15, 0.2) is 42.5 Å². The van der Waals surface area contributed by atoms with Crippen LogP contribution in [0.4, 0.5) is 5.13 Å². The van der Waals surface area contributed by atoms with E-state index in [-0.39, 0.29) is 12.5 Å². The number of carbonyl (C=O) groups is 1. The zero-order valence-corrected chi connectivity index (χ0v) is 13.5. The third-order valence-corrected chi connectivity index (χ3v) is 4.29. The van der Waals surface area contributed by atoms with Crippen LogP contribution in [0.25, 0.3) is 10.2 Å². The summed E-state index contributed by atoms with van der Waals surface area (Å²) in [7, 11) is 0. The van der Waals surface area contributed by atoms with Crippen molar-refractivity contribution in [1.29, 1.82) is 0 Å². The van der Waals surface area contributed by atoms with E-state index in [1.165, 1.54) is 11.3 Å². The highest BCUT2D eigenvalue weighted by atomic mass is 35.5. The lowest BCUT2D eigenvalue weighted by Crippen LogP contribution is -2.20. The summed E-state index contributed by atoms with van der Waals surface area (Å²) in [6.45, 7) is -0.171. The van der Waals surface area contributed by atoms with Crippen LogP contribution >= 0.6 is 34.5 Å². The van der Waals surface area contributed by atoms with Gasteiger partial charge in [-0.05, 0) is 24.3 Å². The minimum absolute atomic E-state index is 0.171. The maximum absolute atomic E-state index is 11.9. The van der Waals surface area contributed by atoms with Gasteiger partial charge in [0.25, 0.3) is 5.91 Å². The molecule has 7 heteroatoms. The molecule has 0 saturated heterocycles. The number of benzene rings is 2. The number of hydrogen-bond acceptors (Lipinski definition) is 4.